The Kier molecular flexibility index (Phi) is 5.77. The molecule has 3 fully saturated rings. The number of hydrogen-bond donors (Lipinski definition) is 2. The van der Waals surface area contributed by atoms with Crippen molar-refractivity contribution in [3.8, 4) is 11.1 Å². The van der Waals surface area contributed by atoms with Crippen molar-refractivity contribution < 1.29 is 27.1 Å². The quantitative estimate of drug-likeness (QED) is 0.625. The Morgan fingerprint density at radius 1 is 1.21 bits per heavy atom. The number of carbonyl (C=O) groups excluding carboxylic acids is 1. The Hall–Kier alpha value is -2.36. The first-order chi connectivity index (χ1) is 16.1. The molecule has 3 aliphatic rings. The van der Waals surface area contributed by atoms with E-state index in [9.17, 15) is 22.7 Å². The summed E-state index contributed by atoms with van der Waals surface area (Å²) in [4.78, 5) is 14.7. The number of nitrogens with one attached hydrogen (secondary N) is 1. The molecule has 0 aromatic heterocycles. The van der Waals surface area contributed by atoms with E-state index in [0.29, 0.717) is 5.56 Å². The van der Waals surface area contributed by atoms with Gasteiger partial charge in [0.05, 0.1) is 12.3 Å². The van der Waals surface area contributed by atoms with E-state index in [4.69, 9.17) is 0 Å². The summed E-state index contributed by atoms with van der Waals surface area (Å²) < 4.78 is 57.3. The van der Waals surface area contributed by atoms with Crippen LogP contribution >= 0.6 is 0 Å². The fourth-order valence-corrected chi connectivity index (χ4v) is 6.18. The number of carbonyl (C=O) groups is 1. The van der Waals surface area contributed by atoms with Gasteiger partial charge in [0, 0.05) is 23.6 Å². The highest BCUT2D eigenvalue weighted by atomic mass is 32.2. The summed E-state index contributed by atoms with van der Waals surface area (Å²) in [7, 11) is -3.62. The molecule has 0 radical (unpaired) electrons. The molecule has 1 aliphatic heterocycles. The first-order valence-corrected chi connectivity index (χ1v) is 13.5. The Balaban J connectivity index is 1.53. The molecule has 3 atom stereocenters. The predicted octanol–water partition coefficient (Wildman–Crippen LogP) is 2.85. The van der Waals surface area contributed by atoms with Crippen LogP contribution in [-0.2, 0) is 21.2 Å². The van der Waals surface area contributed by atoms with E-state index in [-0.39, 0.29) is 30.0 Å². The highest BCUT2D eigenvalue weighted by Crippen LogP contribution is 2.56. The lowest BCUT2D eigenvalue weighted by Crippen LogP contribution is -2.51. The van der Waals surface area contributed by atoms with Crippen LogP contribution in [-0.4, -0.2) is 55.3 Å². The van der Waals surface area contributed by atoms with Crippen LogP contribution < -0.4 is 4.72 Å². The second-order valence-electron chi connectivity index (χ2n) is 10.0. The van der Waals surface area contributed by atoms with Crippen LogP contribution in [0.5, 0.6) is 0 Å². The maximum Gasteiger partial charge on any atom is 0.252 e. The third kappa shape index (κ3) is 4.48. The van der Waals surface area contributed by atoms with Crippen molar-refractivity contribution in [3.63, 3.8) is 0 Å². The van der Waals surface area contributed by atoms with Crippen molar-refractivity contribution in [2.24, 2.45) is 11.3 Å². The number of sulfonamides is 1. The van der Waals surface area contributed by atoms with Gasteiger partial charge < -0.3 is 10.0 Å². The van der Waals surface area contributed by atoms with Gasteiger partial charge in [-0.25, -0.2) is 21.9 Å². The molecule has 2 aliphatic carbocycles. The summed E-state index contributed by atoms with van der Waals surface area (Å²) in [6.07, 6.45) is 2.80. The molecule has 2 N–H and O–H groups in total. The lowest BCUT2D eigenvalue weighted by atomic mass is 9.91. The van der Waals surface area contributed by atoms with Crippen molar-refractivity contribution in [2.45, 2.75) is 50.3 Å². The van der Waals surface area contributed by atoms with Crippen molar-refractivity contribution in [2.75, 3.05) is 12.8 Å². The van der Waals surface area contributed by atoms with Crippen LogP contribution in [0, 0.1) is 23.0 Å². The molecule has 2 saturated carbocycles. The topological polar surface area (TPSA) is 86.7 Å². The number of aliphatic hydroxyl groups is 1. The maximum absolute atomic E-state index is 15.6. The largest absolute Gasteiger partial charge is 0.383 e. The second-order valence-corrected chi connectivity index (χ2v) is 11.8. The van der Waals surface area contributed by atoms with Gasteiger partial charge in [-0.2, -0.15) is 0 Å². The second kappa shape index (κ2) is 8.39. The number of benzene rings is 2. The monoisotopic (exact) mass is 490 g/mol. The van der Waals surface area contributed by atoms with E-state index in [2.05, 4.69) is 4.72 Å². The van der Waals surface area contributed by atoms with Crippen molar-refractivity contribution >= 4 is 15.9 Å². The van der Waals surface area contributed by atoms with Crippen molar-refractivity contribution in [3.05, 3.63) is 59.7 Å². The van der Waals surface area contributed by atoms with Gasteiger partial charge >= 0.3 is 0 Å². The standard InChI is InChI=1S/C25H28F2N2O4S/c1-34(32,33)28-23-20(29(14-25(23)9-10-25)24(31)22(30)16-7-8-16)12-17-11-18(26)13-19(21(17)27)15-5-3-2-4-6-15/h2-6,11,13,16,20,22-23,28,30H,7-10,12,14H2,1H3/t20-,22+,23+/m0/s1. The molecule has 2 aromatic carbocycles. The van der Waals surface area contributed by atoms with Crippen LogP contribution in [0.25, 0.3) is 11.1 Å². The Morgan fingerprint density at radius 3 is 2.47 bits per heavy atom. The molecule has 34 heavy (non-hydrogen) atoms. The number of hydrogen-bond acceptors (Lipinski definition) is 4. The molecule has 1 heterocycles. The molecular formula is C25H28F2N2O4S. The van der Waals surface area contributed by atoms with Crippen LogP contribution in [0.15, 0.2) is 42.5 Å². The number of aliphatic hydroxyl groups excluding tert-OH is 1. The molecule has 6 nitrogen and oxygen atoms in total. The zero-order valence-corrected chi connectivity index (χ0v) is 19.7. The number of likely N-dealkylation sites (tertiary alicyclic amines) is 1. The van der Waals surface area contributed by atoms with E-state index in [0.717, 1.165) is 44.1 Å². The first-order valence-electron chi connectivity index (χ1n) is 11.6. The fourth-order valence-electron chi connectivity index (χ4n) is 5.31. The van der Waals surface area contributed by atoms with Crippen LogP contribution in [0.1, 0.15) is 31.2 Å². The number of amides is 1. The van der Waals surface area contributed by atoms with Crippen LogP contribution in [0.4, 0.5) is 8.78 Å². The molecule has 1 saturated heterocycles. The zero-order valence-electron chi connectivity index (χ0n) is 18.9. The smallest absolute Gasteiger partial charge is 0.252 e. The van der Waals surface area contributed by atoms with E-state index in [1.54, 1.807) is 30.3 Å². The van der Waals surface area contributed by atoms with Crippen molar-refractivity contribution in [1.29, 1.82) is 0 Å². The molecule has 182 valence electrons. The average molecular weight is 491 g/mol. The van der Waals surface area contributed by atoms with Gasteiger partial charge in [0.1, 0.15) is 17.7 Å². The van der Waals surface area contributed by atoms with E-state index >= 15 is 4.39 Å². The van der Waals surface area contributed by atoms with Gasteiger partial charge in [0.15, 0.2) is 0 Å². The van der Waals surface area contributed by atoms with Gasteiger partial charge in [0.25, 0.3) is 5.91 Å². The molecule has 0 unspecified atom stereocenters. The summed E-state index contributed by atoms with van der Waals surface area (Å²) in [6, 6.07) is 9.49. The van der Waals surface area contributed by atoms with E-state index in [1.807, 2.05) is 0 Å². The van der Waals surface area contributed by atoms with E-state index < -0.39 is 51.2 Å². The fraction of sp³-hybridized carbons (Fsp3) is 0.480. The highest BCUT2D eigenvalue weighted by Gasteiger charge is 2.62. The summed E-state index contributed by atoms with van der Waals surface area (Å²) in [5.74, 6) is -1.77. The molecule has 9 heteroatoms. The molecular weight excluding hydrogens is 462 g/mol. The van der Waals surface area contributed by atoms with Gasteiger partial charge in [-0.15, -0.1) is 0 Å². The molecule has 1 amide bonds. The van der Waals surface area contributed by atoms with Crippen LogP contribution in [0.3, 0.4) is 0 Å². The molecule has 0 bridgehead atoms. The van der Waals surface area contributed by atoms with Gasteiger partial charge in [-0.05, 0) is 61.3 Å². The minimum Gasteiger partial charge on any atom is -0.383 e. The Morgan fingerprint density at radius 2 is 1.88 bits per heavy atom. The minimum atomic E-state index is -3.62. The lowest BCUT2D eigenvalue weighted by Gasteiger charge is -2.30. The minimum absolute atomic E-state index is 0.0680. The predicted molar refractivity (Wildman–Crippen MR) is 123 cm³/mol. The summed E-state index contributed by atoms with van der Waals surface area (Å²) in [5, 5.41) is 10.5. The normalized spacial score (nSPS) is 24.4. The Labute approximate surface area is 198 Å². The molecule has 2 aromatic rings. The van der Waals surface area contributed by atoms with Crippen molar-refractivity contribution in [1.82, 2.24) is 9.62 Å². The average Bonchev–Trinajstić information content (AvgIpc) is 3.70. The third-order valence-corrected chi connectivity index (χ3v) is 8.08. The van der Waals surface area contributed by atoms with Gasteiger partial charge in [0.2, 0.25) is 10.0 Å². The lowest BCUT2D eigenvalue weighted by molar-refractivity contribution is -0.142. The van der Waals surface area contributed by atoms with Gasteiger partial charge in [-0.1, -0.05) is 30.3 Å². The maximum atomic E-state index is 15.6. The molecule has 5 rings (SSSR count). The summed E-state index contributed by atoms with van der Waals surface area (Å²) >= 11 is 0. The van der Waals surface area contributed by atoms with Crippen LogP contribution in [0.2, 0.25) is 0 Å². The summed E-state index contributed by atoms with van der Waals surface area (Å²) in [5.41, 5.74) is 0.256. The van der Waals surface area contributed by atoms with E-state index in [1.165, 1.54) is 4.90 Å². The summed E-state index contributed by atoms with van der Waals surface area (Å²) in [6.45, 7) is 0.288. The SMILES string of the molecule is CS(=O)(=O)N[C@@H]1[C@H](Cc2cc(F)cc(-c3ccccc3)c2F)N(C(=O)[C@H](O)C2CC2)CC12CC2. The number of halogens is 2. The zero-order chi connectivity index (χ0) is 24.3. The highest BCUT2D eigenvalue weighted by molar-refractivity contribution is 7.88. The first kappa shape index (κ1) is 23.4. The number of rotatable bonds is 7. The Bertz CT molecular complexity index is 1210. The third-order valence-electron chi connectivity index (χ3n) is 7.39. The number of nitrogens with zero attached hydrogens (tertiary/aromatic N) is 1. The molecule has 1 spiro atoms. The van der Waals surface area contributed by atoms with Gasteiger partial charge in [-0.3, -0.25) is 4.79 Å².